The summed E-state index contributed by atoms with van der Waals surface area (Å²) >= 11 is 9.55. The molecular formula is C17H15BBrClO3. The fourth-order valence-corrected chi connectivity index (χ4v) is 2.67. The topological polar surface area (TPSA) is 35.5 Å². The maximum absolute atomic E-state index is 11.6. The van der Waals surface area contributed by atoms with Crippen LogP contribution in [0.5, 0.6) is 11.5 Å². The first-order chi connectivity index (χ1) is 11.0. The number of carbonyl (C=O) groups excluding carboxylic acids is 1. The molecule has 0 atom stereocenters. The lowest BCUT2D eigenvalue weighted by atomic mass is 9.94. The predicted molar refractivity (Wildman–Crippen MR) is 96.3 cm³/mol. The molecule has 0 fully saturated rings. The van der Waals surface area contributed by atoms with Crippen LogP contribution in [-0.2, 0) is 21.3 Å². The van der Waals surface area contributed by atoms with Crippen LogP contribution in [0.2, 0.25) is 5.02 Å². The lowest BCUT2D eigenvalue weighted by Crippen LogP contribution is -2.08. The first-order valence-corrected chi connectivity index (χ1v) is 8.59. The lowest BCUT2D eigenvalue weighted by molar-refractivity contribution is -0.142. The van der Waals surface area contributed by atoms with Gasteiger partial charge in [0.2, 0.25) is 0 Å². The molecule has 2 radical (unpaired) electrons. The van der Waals surface area contributed by atoms with Crippen molar-refractivity contribution >= 4 is 46.8 Å². The van der Waals surface area contributed by atoms with E-state index in [2.05, 4.69) is 15.9 Å². The Balaban J connectivity index is 2.22. The molecule has 0 N–H and O–H groups in total. The summed E-state index contributed by atoms with van der Waals surface area (Å²) in [6.07, 6.45) is 0.108. The molecule has 2 aromatic carbocycles. The molecule has 0 aliphatic heterocycles. The van der Waals surface area contributed by atoms with Crippen LogP contribution in [0.1, 0.15) is 18.1 Å². The van der Waals surface area contributed by atoms with Crippen molar-refractivity contribution in [1.29, 1.82) is 0 Å². The molecule has 0 aliphatic carbocycles. The van der Waals surface area contributed by atoms with Gasteiger partial charge in [-0.25, -0.2) is 0 Å². The SMILES string of the molecule is [B]c1ccc(Oc2ccc(Cl)c(CC(=O)OCC)c2)c(CBr)c1. The van der Waals surface area contributed by atoms with Crippen LogP contribution in [0.15, 0.2) is 36.4 Å². The highest BCUT2D eigenvalue weighted by molar-refractivity contribution is 9.08. The number of halogens is 2. The number of hydrogen-bond donors (Lipinski definition) is 0. The summed E-state index contributed by atoms with van der Waals surface area (Å²) in [7, 11) is 5.78. The van der Waals surface area contributed by atoms with Crippen molar-refractivity contribution in [2.75, 3.05) is 6.61 Å². The number of hydrogen-bond acceptors (Lipinski definition) is 3. The van der Waals surface area contributed by atoms with Gasteiger partial charge in [-0.2, -0.15) is 0 Å². The summed E-state index contributed by atoms with van der Waals surface area (Å²) in [5.74, 6) is 0.973. The normalized spacial score (nSPS) is 10.4. The third-order valence-corrected chi connectivity index (χ3v) is 4.09. The van der Waals surface area contributed by atoms with Gasteiger partial charge in [-0.3, -0.25) is 4.79 Å². The van der Waals surface area contributed by atoms with E-state index in [0.717, 1.165) is 5.56 Å². The van der Waals surface area contributed by atoms with E-state index in [1.165, 1.54) is 0 Å². The van der Waals surface area contributed by atoms with Crippen LogP contribution < -0.4 is 10.2 Å². The van der Waals surface area contributed by atoms with Crippen LogP contribution in [0.3, 0.4) is 0 Å². The second-order valence-corrected chi connectivity index (χ2v) is 5.81. The van der Waals surface area contributed by atoms with Gasteiger partial charge in [0.25, 0.3) is 0 Å². The first kappa shape index (κ1) is 17.9. The van der Waals surface area contributed by atoms with Gasteiger partial charge in [-0.15, -0.1) is 0 Å². The van der Waals surface area contributed by atoms with Gasteiger partial charge in [0.15, 0.2) is 0 Å². The molecule has 6 heteroatoms. The molecule has 0 unspecified atom stereocenters. The van der Waals surface area contributed by atoms with Gasteiger partial charge in [-0.1, -0.05) is 45.1 Å². The standard InChI is InChI=1S/C17H15BBrClO3/c1-2-22-17(21)9-11-8-14(4-5-15(11)20)23-16-6-3-13(18)7-12(16)10-19/h3-8H,2,9-10H2,1H3. The van der Waals surface area contributed by atoms with Crippen molar-refractivity contribution in [3.63, 3.8) is 0 Å². The number of benzene rings is 2. The van der Waals surface area contributed by atoms with E-state index in [1.54, 1.807) is 31.2 Å². The Morgan fingerprint density at radius 3 is 2.70 bits per heavy atom. The van der Waals surface area contributed by atoms with Gasteiger partial charge in [0.1, 0.15) is 19.3 Å². The highest BCUT2D eigenvalue weighted by Crippen LogP contribution is 2.29. The summed E-state index contributed by atoms with van der Waals surface area (Å²) in [5.41, 5.74) is 2.27. The summed E-state index contributed by atoms with van der Waals surface area (Å²) in [6.45, 7) is 2.11. The second-order valence-electron chi connectivity index (χ2n) is 4.84. The molecule has 23 heavy (non-hydrogen) atoms. The molecule has 3 nitrogen and oxygen atoms in total. The Morgan fingerprint density at radius 2 is 2.00 bits per heavy atom. The Kier molecular flexibility index (Phi) is 6.54. The van der Waals surface area contributed by atoms with E-state index in [-0.39, 0.29) is 12.4 Å². The van der Waals surface area contributed by atoms with E-state index in [1.807, 2.05) is 12.1 Å². The van der Waals surface area contributed by atoms with Crippen molar-refractivity contribution in [2.45, 2.75) is 18.7 Å². The highest BCUT2D eigenvalue weighted by atomic mass is 79.9. The Morgan fingerprint density at radius 1 is 1.22 bits per heavy atom. The van der Waals surface area contributed by atoms with Crippen molar-refractivity contribution in [2.24, 2.45) is 0 Å². The fraction of sp³-hybridized carbons (Fsp3) is 0.235. The minimum absolute atomic E-state index is 0.108. The zero-order chi connectivity index (χ0) is 16.8. The van der Waals surface area contributed by atoms with Crippen molar-refractivity contribution in [3.8, 4) is 11.5 Å². The Bertz CT molecular complexity index is 706. The molecule has 2 rings (SSSR count). The van der Waals surface area contributed by atoms with Crippen LogP contribution >= 0.6 is 27.5 Å². The Labute approximate surface area is 150 Å². The molecule has 118 valence electrons. The van der Waals surface area contributed by atoms with E-state index in [4.69, 9.17) is 28.9 Å². The van der Waals surface area contributed by atoms with E-state index in [0.29, 0.717) is 39.5 Å². The molecule has 0 aliphatic rings. The van der Waals surface area contributed by atoms with E-state index in [9.17, 15) is 4.79 Å². The number of carbonyl (C=O) groups is 1. The predicted octanol–water partition coefficient (Wildman–Crippen LogP) is 3.93. The van der Waals surface area contributed by atoms with Gasteiger partial charge >= 0.3 is 5.97 Å². The molecule has 2 aromatic rings. The van der Waals surface area contributed by atoms with Crippen LogP contribution in [0.25, 0.3) is 0 Å². The van der Waals surface area contributed by atoms with Crippen LogP contribution in [0, 0.1) is 0 Å². The van der Waals surface area contributed by atoms with E-state index >= 15 is 0 Å². The summed E-state index contributed by atoms with van der Waals surface area (Å²) in [5, 5.41) is 1.12. The summed E-state index contributed by atoms with van der Waals surface area (Å²) in [6, 6.07) is 10.6. The molecule has 0 saturated carbocycles. The number of rotatable bonds is 6. The first-order valence-electron chi connectivity index (χ1n) is 7.09. The molecule has 0 heterocycles. The third-order valence-electron chi connectivity index (χ3n) is 3.11. The maximum atomic E-state index is 11.6. The minimum atomic E-state index is -0.319. The van der Waals surface area contributed by atoms with Crippen molar-refractivity contribution in [1.82, 2.24) is 0 Å². The molecular weight excluding hydrogens is 378 g/mol. The molecule has 0 aromatic heterocycles. The minimum Gasteiger partial charge on any atom is -0.466 e. The maximum Gasteiger partial charge on any atom is 0.310 e. The molecule has 0 spiro atoms. The zero-order valence-corrected chi connectivity index (χ0v) is 15.0. The summed E-state index contributed by atoms with van der Waals surface area (Å²) in [4.78, 5) is 11.6. The van der Waals surface area contributed by atoms with Gasteiger partial charge in [-0.05, 0) is 36.8 Å². The third kappa shape index (κ3) is 5.01. The van der Waals surface area contributed by atoms with Gasteiger partial charge in [0.05, 0.1) is 13.0 Å². The lowest BCUT2D eigenvalue weighted by Gasteiger charge is -2.12. The monoisotopic (exact) mass is 392 g/mol. The molecule has 0 saturated heterocycles. The van der Waals surface area contributed by atoms with Gasteiger partial charge in [0, 0.05) is 15.9 Å². The number of alkyl halides is 1. The second kappa shape index (κ2) is 8.41. The van der Waals surface area contributed by atoms with Crippen molar-refractivity contribution < 1.29 is 14.3 Å². The summed E-state index contributed by atoms with van der Waals surface area (Å²) < 4.78 is 10.8. The Hall–Kier alpha value is -1.46. The van der Waals surface area contributed by atoms with Gasteiger partial charge < -0.3 is 9.47 Å². The van der Waals surface area contributed by atoms with Crippen molar-refractivity contribution in [3.05, 3.63) is 52.5 Å². The average Bonchev–Trinajstić information content (AvgIpc) is 2.52. The smallest absolute Gasteiger partial charge is 0.310 e. The average molecular weight is 393 g/mol. The quantitative estimate of drug-likeness (QED) is 0.424. The number of ether oxygens (including phenoxy) is 2. The highest BCUT2D eigenvalue weighted by Gasteiger charge is 2.11. The van der Waals surface area contributed by atoms with E-state index < -0.39 is 0 Å². The molecule has 0 bridgehead atoms. The van der Waals surface area contributed by atoms with Crippen LogP contribution in [0.4, 0.5) is 0 Å². The van der Waals surface area contributed by atoms with Crippen LogP contribution in [-0.4, -0.2) is 20.4 Å². The molecule has 0 amide bonds. The number of esters is 1. The fourth-order valence-electron chi connectivity index (χ4n) is 2.05. The zero-order valence-electron chi connectivity index (χ0n) is 12.6. The largest absolute Gasteiger partial charge is 0.466 e.